The van der Waals surface area contributed by atoms with Crippen molar-refractivity contribution in [3.05, 3.63) is 100 Å². The number of amides is 1. The number of aromatic nitrogens is 2. The van der Waals surface area contributed by atoms with Gasteiger partial charge in [0, 0.05) is 53.4 Å². The Kier molecular flexibility index (Phi) is 6.15. The van der Waals surface area contributed by atoms with Gasteiger partial charge in [0.1, 0.15) is 0 Å². The molecule has 1 amide bonds. The zero-order valence-corrected chi connectivity index (χ0v) is 17.6. The highest BCUT2D eigenvalue weighted by atomic mass is 35.5. The first-order valence-electron chi connectivity index (χ1n) is 10.2. The Morgan fingerprint density at radius 1 is 1.07 bits per heavy atom. The summed E-state index contributed by atoms with van der Waals surface area (Å²) in [5, 5.41) is 4.84. The van der Waals surface area contributed by atoms with Crippen molar-refractivity contribution in [2.24, 2.45) is 0 Å². The molecule has 0 spiro atoms. The molecule has 4 aromatic rings. The van der Waals surface area contributed by atoms with Crippen molar-refractivity contribution in [2.45, 2.75) is 32.2 Å². The fourth-order valence-electron chi connectivity index (χ4n) is 3.93. The van der Waals surface area contributed by atoms with Gasteiger partial charge in [-0.1, -0.05) is 54.9 Å². The summed E-state index contributed by atoms with van der Waals surface area (Å²) in [6.07, 6.45) is 6.74. The minimum atomic E-state index is -0.142. The van der Waals surface area contributed by atoms with Crippen LogP contribution in [0.1, 0.15) is 41.5 Å². The summed E-state index contributed by atoms with van der Waals surface area (Å²) in [5.74, 6) is -0.158. The van der Waals surface area contributed by atoms with E-state index in [2.05, 4.69) is 40.4 Å². The van der Waals surface area contributed by atoms with Crippen LogP contribution in [-0.2, 0) is 17.8 Å². The Labute approximate surface area is 181 Å². The molecule has 0 saturated heterocycles. The zero-order valence-electron chi connectivity index (χ0n) is 16.9. The molecule has 1 atom stereocenters. The third kappa shape index (κ3) is 4.24. The maximum absolute atomic E-state index is 12.9. The lowest BCUT2D eigenvalue weighted by Crippen LogP contribution is -2.25. The van der Waals surface area contributed by atoms with Crippen LogP contribution in [0.3, 0.4) is 0 Å². The number of carbonyl (C=O) groups is 1. The number of aromatic amines is 1. The van der Waals surface area contributed by atoms with Gasteiger partial charge < -0.3 is 10.3 Å². The predicted octanol–water partition coefficient (Wildman–Crippen LogP) is 5.62. The van der Waals surface area contributed by atoms with Gasteiger partial charge in [0.25, 0.3) is 0 Å². The van der Waals surface area contributed by atoms with Gasteiger partial charge in [-0.25, -0.2) is 0 Å². The molecule has 0 saturated carbocycles. The summed E-state index contributed by atoms with van der Waals surface area (Å²) in [6, 6.07) is 17.9. The Bertz CT molecular complexity index is 1150. The summed E-state index contributed by atoms with van der Waals surface area (Å²) in [7, 11) is 0. The number of benzene rings is 2. The Morgan fingerprint density at radius 3 is 2.63 bits per heavy atom. The van der Waals surface area contributed by atoms with Gasteiger partial charge in [-0.15, -0.1) is 0 Å². The number of H-pyrrole nitrogens is 1. The topological polar surface area (TPSA) is 57.8 Å². The summed E-state index contributed by atoms with van der Waals surface area (Å²) in [4.78, 5) is 20.3. The number of halogens is 1. The first-order chi connectivity index (χ1) is 14.7. The van der Waals surface area contributed by atoms with Crippen LogP contribution in [-0.4, -0.2) is 15.9 Å². The number of fused-ring (bicyclic) bond motifs is 1. The normalized spacial score (nSPS) is 12.1. The number of carbonyl (C=O) groups excluding carboxylic acids is 1. The van der Waals surface area contributed by atoms with Gasteiger partial charge in [-0.2, -0.15) is 0 Å². The first kappa shape index (κ1) is 20.2. The molecule has 0 bridgehead atoms. The van der Waals surface area contributed by atoms with Crippen LogP contribution in [0.25, 0.3) is 10.9 Å². The fourth-order valence-corrected chi connectivity index (χ4v) is 4.19. The highest BCUT2D eigenvalue weighted by Crippen LogP contribution is 2.37. The summed E-state index contributed by atoms with van der Waals surface area (Å²) in [6.45, 7) is 2.62. The van der Waals surface area contributed by atoms with Gasteiger partial charge in [0.05, 0.1) is 0 Å². The fraction of sp³-hybridized carbons (Fsp3) is 0.200. The molecule has 1 unspecified atom stereocenters. The second-order valence-electron chi connectivity index (χ2n) is 7.35. The Morgan fingerprint density at radius 2 is 1.87 bits per heavy atom. The van der Waals surface area contributed by atoms with Crippen molar-refractivity contribution < 1.29 is 4.79 Å². The van der Waals surface area contributed by atoms with Crippen LogP contribution in [0, 0.1) is 0 Å². The van der Waals surface area contributed by atoms with Crippen molar-refractivity contribution in [1.29, 1.82) is 0 Å². The van der Waals surface area contributed by atoms with E-state index in [4.69, 9.17) is 11.6 Å². The van der Waals surface area contributed by atoms with Crippen LogP contribution in [0.2, 0.25) is 5.02 Å². The maximum atomic E-state index is 12.9. The lowest BCUT2D eigenvalue weighted by molar-refractivity contribution is -0.121. The molecule has 0 aliphatic heterocycles. The molecule has 5 heteroatoms. The Hall–Kier alpha value is -3.11. The van der Waals surface area contributed by atoms with Gasteiger partial charge in [0.2, 0.25) is 5.91 Å². The van der Waals surface area contributed by atoms with E-state index < -0.39 is 0 Å². The number of hydrogen-bond acceptors (Lipinski definition) is 2. The molecule has 0 aliphatic carbocycles. The summed E-state index contributed by atoms with van der Waals surface area (Å²) in [5.41, 5.74) is 5.46. The van der Waals surface area contributed by atoms with Gasteiger partial charge in [-0.3, -0.25) is 9.78 Å². The summed E-state index contributed by atoms with van der Waals surface area (Å²) >= 11 is 6.55. The van der Waals surface area contributed by atoms with Crippen LogP contribution in [0.5, 0.6) is 0 Å². The van der Waals surface area contributed by atoms with Crippen molar-refractivity contribution >= 4 is 28.4 Å². The van der Waals surface area contributed by atoms with Crippen LogP contribution >= 0.6 is 11.6 Å². The standard InChI is InChI=1S/C25H24ClN3O/c1-2-18-6-5-8-20-22(16-29-25(18)20)21(19-7-3-4-9-23(19)26)14-24(30)28-15-17-10-12-27-13-11-17/h3-13,16,21,29H,2,14-15H2,1H3,(H,28,30). The average Bonchev–Trinajstić information content (AvgIpc) is 3.21. The second kappa shape index (κ2) is 9.14. The number of aryl methyl sites for hydroxylation is 1. The second-order valence-corrected chi connectivity index (χ2v) is 7.75. The monoisotopic (exact) mass is 417 g/mol. The molecule has 4 nitrogen and oxygen atoms in total. The zero-order chi connectivity index (χ0) is 20.9. The molecular formula is C25H24ClN3O. The molecule has 4 rings (SSSR count). The van der Waals surface area contributed by atoms with E-state index in [1.807, 2.05) is 42.6 Å². The van der Waals surface area contributed by atoms with Crippen molar-refractivity contribution in [3.63, 3.8) is 0 Å². The molecule has 0 fully saturated rings. The maximum Gasteiger partial charge on any atom is 0.221 e. The largest absolute Gasteiger partial charge is 0.361 e. The van der Waals surface area contributed by atoms with E-state index in [0.29, 0.717) is 18.0 Å². The minimum absolute atomic E-state index is 0.0160. The smallest absolute Gasteiger partial charge is 0.221 e. The lowest BCUT2D eigenvalue weighted by atomic mass is 9.87. The van der Waals surface area contributed by atoms with Crippen LogP contribution in [0.15, 0.2) is 73.2 Å². The quantitative estimate of drug-likeness (QED) is 0.410. The minimum Gasteiger partial charge on any atom is -0.361 e. The van der Waals surface area contributed by atoms with Crippen LogP contribution < -0.4 is 5.32 Å². The number of hydrogen-bond donors (Lipinski definition) is 2. The number of pyridine rings is 1. The summed E-state index contributed by atoms with van der Waals surface area (Å²) < 4.78 is 0. The predicted molar refractivity (Wildman–Crippen MR) is 122 cm³/mol. The SMILES string of the molecule is CCc1cccc2c(C(CC(=O)NCc3ccncc3)c3ccccc3Cl)c[nH]c12. The van der Waals surface area contributed by atoms with Gasteiger partial charge in [0.15, 0.2) is 0 Å². The molecule has 2 aromatic carbocycles. The van der Waals surface area contributed by atoms with E-state index in [9.17, 15) is 4.79 Å². The number of rotatable bonds is 7. The molecule has 0 radical (unpaired) electrons. The molecule has 0 aliphatic rings. The molecule has 152 valence electrons. The lowest BCUT2D eigenvalue weighted by Gasteiger charge is -2.19. The highest BCUT2D eigenvalue weighted by molar-refractivity contribution is 6.31. The highest BCUT2D eigenvalue weighted by Gasteiger charge is 2.23. The van der Waals surface area contributed by atoms with E-state index >= 15 is 0 Å². The first-order valence-corrected chi connectivity index (χ1v) is 10.5. The van der Waals surface area contributed by atoms with E-state index in [0.717, 1.165) is 34.0 Å². The van der Waals surface area contributed by atoms with Crippen molar-refractivity contribution in [2.75, 3.05) is 0 Å². The third-order valence-corrected chi connectivity index (χ3v) is 5.84. The van der Waals surface area contributed by atoms with Crippen molar-refractivity contribution in [1.82, 2.24) is 15.3 Å². The third-order valence-electron chi connectivity index (χ3n) is 5.50. The molecule has 2 aromatic heterocycles. The Balaban J connectivity index is 1.66. The van der Waals surface area contributed by atoms with Gasteiger partial charge >= 0.3 is 0 Å². The number of nitrogens with one attached hydrogen (secondary N) is 2. The molecule has 2 heterocycles. The average molecular weight is 418 g/mol. The number of para-hydroxylation sites is 1. The number of nitrogens with zero attached hydrogens (tertiary/aromatic N) is 1. The molecule has 2 N–H and O–H groups in total. The molecule has 30 heavy (non-hydrogen) atoms. The van der Waals surface area contributed by atoms with Crippen molar-refractivity contribution in [3.8, 4) is 0 Å². The van der Waals surface area contributed by atoms with E-state index in [1.165, 1.54) is 5.56 Å². The molecular weight excluding hydrogens is 394 g/mol. The van der Waals surface area contributed by atoms with E-state index in [1.54, 1.807) is 12.4 Å². The van der Waals surface area contributed by atoms with E-state index in [-0.39, 0.29) is 11.8 Å². The van der Waals surface area contributed by atoms with Gasteiger partial charge in [-0.05, 0) is 46.9 Å². The van der Waals surface area contributed by atoms with Crippen LogP contribution in [0.4, 0.5) is 0 Å².